The monoisotopic (exact) mass is 305 g/mol. The molecule has 1 aromatic carbocycles. The van der Waals surface area contributed by atoms with Crippen molar-refractivity contribution in [2.45, 2.75) is 26.2 Å². The van der Waals surface area contributed by atoms with Crippen LogP contribution in [0.1, 0.15) is 31.9 Å². The van der Waals surface area contributed by atoms with Gasteiger partial charge in [-0.3, -0.25) is 10.4 Å². The Morgan fingerprint density at radius 3 is 2.52 bits per heavy atom. The lowest BCUT2D eigenvalue weighted by molar-refractivity contribution is 0.208. The van der Waals surface area contributed by atoms with Gasteiger partial charge in [0.05, 0.1) is 18.9 Å². The molecule has 0 fully saturated rings. The first kappa shape index (κ1) is 16.0. The molecule has 0 saturated carbocycles. The van der Waals surface area contributed by atoms with Crippen LogP contribution in [-0.4, -0.2) is 36.9 Å². The van der Waals surface area contributed by atoms with Gasteiger partial charge in [0.1, 0.15) is 0 Å². The van der Waals surface area contributed by atoms with E-state index in [1.165, 1.54) is 11.1 Å². The second-order valence-corrected chi connectivity index (χ2v) is 6.93. The molecule has 114 valence electrons. The lowest BCUT2D eigenvalue weighted by Gasteiger charge is -2.20. The highest BCUT2D eigenvalue weighted by atomic mass is 32.2. The summed E-state index contributed by atoms with van der Waals surface area (Å²) in [7, 11) is 1.68. The molecule has 0 radical (unpaired) electrons. The zero-order valence-corrected chi connectivity index (χ0v) is 14.0. The number of methoxy groups -OCH3 is 1. The number of hydrogen-bond donors (Lipinski definition) is 1. The Labute approximate surface area is 131 Å². The number of aliphatic imine (C=N–C) groups is 1. The van der Waals surface area contributed by atoms with Crippen molar-refractivity contribution in [1.82, 2.24) is 5.43 Å². The highest BCUT2D eigenvalue weighted by molar-refractivity contribution is 8.14. The Morgan fingerprint density at radius 2 is 2.00 bits per heavy atom. The summed E-state index contributed by atoms with van der Waals surface area (Å²) < 4.78 is 4.98. The van der Waals surface area contributed by atoms with Gasteiger partial charge < -0.3 is 4.74 Å². The van der Waals surface area contributed by atoms with Gasteiger partial charge in [-0.05, 0) is 16.5 Å². The first-order chi connectivity index (χ1) is 10.0. The molecule has 0 aliphatic carbocycles. The number of nitrogens with one attached hydrogen (secondary N) is 1. The van der Waals surface area contributed by atoms with Gasteiger partial charge in [-0.25, -0.2) is 0 Å². The van der Waals surface area contributed by atoms with Crippen LogP contribution in [0.15, 0.2) is 34.4 Å². The minimum atomic E-state index is 0.182. The summed E-state index contributed by atoms with van der Waals surface area (Å²) in [5.74, 6) is 0.841. The molecule has 0 spiro atoms. The number of hydrazone groups is 1. The van der Waals surface area contributed by atoms with Crippen LogP contribution in [0.2, 0.25) is 0 Å². The molecule has 0 amide bonds. The van der Waals surface area contributed by atoms with E-state index in [1.807, 2.05) is 0 Å². The topological polar surface area (TPSA) is 46.0 Å². The number of rotatable bonds is 4. The second kappa shape index (κ2) is 7.09. The maximum absolute atomic E-state index is 4.98. The molecular weight excluding hydrogens is 282 g/mol. The second-order valence-electron chi connectivity index (χ2n) is 5.97. The fourth-order valence-electron chi connectivity index (χ4n) is 1.95. The highest BCUT2D eigenvalue weighted by Crippen LogP contribution is 2.23. The first-order valence-corrected chi connectivity index (χ1v) is 8.09. The Hall–Kier alpha value is -1.33. The first-order valence-electron chi connectivity index (χ1n) is 7.10. The van der Waals surface area contributed by atoms with Gasteiger partial charge in [-0.15, -0.1) is 0 Å². The van der Waals surface area contributed by atoms with E-state index in [9.17, 15) is 0 Å². The molecule has 1 heterocycles. The van der Waals surface area contributed by atoms with E-state index >= 15 is 0 Å². The van der Waals surface area contributed by atoms with Gasteiger partial charge in [0.15, 0.2) is 5.17 Å². The van der Waals surface area contributed by atoms with Crippen LogP contribution >= 0.6 is 11.8 Å². The molecule has 1 N–H and O–H groups in total. The fraction of sp³-hybridized carbons (Fsp3) is 0.500. The van der Waals surface area contributed by atoms with Crippen LogP contribution in [0, 0.1) is 0 Å². The van der Waals surface area contributed by atoms with E-state index in [0.29, 0.717) is 13.2 Å². The van der Waals surface area contributed by atoms with Gasteiger partial charge in [-0.2, -0.15) is 5.10 Å². The van der Waals surface area contributed by atoms with E-state index in [2.05, 4.69) is 60.6 Å². The van der Waals surface area contributed by atoms with Gasteiger partial charge in [-0.1, -0.05) is 56.8 Å². The number of ether oxygens (including phenoxy) is 1. The van der Waals surface area contributed by atoms with Crippen LogP contribution in [0.4, 0.5) is 0 Å². The SMILES string of the molecule is COCCN=C1NN=C(c2ccc(C(C)(C)C)cc2)CS1. The minimum absolute atomic E-state index is 0.182. The number of hydrogen-bond acceptors (Lipinski definition) is 4. The molecule has 0 saturated heterocycles. The summed E-state index contributed by atoms with van der Waals surface area (Å²) in [6.45, 7) is 7.97. The molecule has 0 unspecified atom stereocenters. The van der Waals surface area contributed by atoms with Crippen LogP contribution in [-0.2, 0) is 10.2 Å². The van der Waals surface area contributed by atoms with Crippen molar-refractivity contribution in [3.63, 3.8) is 0 Å². The molecule has 21 heavy (non-hydrogen) atoms. The van der Waals surface area contributed by atoms with Crippen molar-refractivity contribution in [2.75, 3.05) is 26.0 Å². The number of nitrogens with zero attached hydrogens (tertiary/aromatic N) is 2. The lowest BCUT2D eigenvalue weighted by atomic mass is 9.86. The van der Waals surface area contributed by atoms with Gasteiger partial charge >= 0.3 is 0 Å². The number of thioether (sulfide) groups is 1. The molecule has 0 aromatic heterocycles. The summed E-state index contributed by atoms with van der Waals surface area (Å²) in [6, 6.07) is 8.67. The van der Waals surface area contributed by atoms with E-state index in [-0.39, 0.29) is 5.41 Å². The van der Waals surface area contributed by atoms with Crippen LogP contribution in [0.5, 0.6) is 0 Å². The minimum Gasteiger partial charge on any atom is -0.383 e. The quantitative estimate of drug-likeness (QED) is 0.870. The molecule has 1 aromatic rings. The van der Waals surface area contributed by atoms with Crippen LogP contribution in [0.3, 0.4) is 0 Å². The lowest BCUT2D eigenvalue weighted by Crippen LogP contribution is -2.26. The van der Waals surface area contributed by atoms with Crippen LogP contribution in [0.25, 0.3) is 0 Å². The molecule has 0 bridgehead atoms. The predicted molar refractivity (Wildman–Crippen MR) is 91.5 cm³/mol. The third-order valence-electron chi connectivity index (χ3n) is 3.27. The molecule has 1 aliphatic rings. The average Bonchev–Trinajstić information content (AvgIpc) is 2.48. The number of amidine groups is 1. The zero-order chi connectivity index (χ0) is 15.3. The van der Waals surface area contributed by atoms with Gasteiger partial charge in [0.25, 0.3) is 0 Å². The zero-order valence-electron chi connectivity index (χ0n) is 13.1. The van der Waals surface area contributed by atoms with Crippen molar-refractivity contribution in [3.8, 4) is 0 Å². The largest absolute Gasteiger partial charge is 0.383 e. The van der Waals surface area contributed by atoms with Gasteiger partial charge in [0.2, 0.25) is 0 Å². The summed E-state index contributed by atoms with van der Waals surface area (Å²) in [5, 5.41) is 5.29. The third-order valence-corrected chi connectivity index (χ3v) is 4.18. The van der Waals surface area contributed by atoms with E-state index in [1.54, 1.807) is 18.9 Å². The fourth-order valence-corrected chi connectivity index (χ4v) is 2.74. The maximum Gasteiger partial charge on any atom is 0.177 e. The van der Waals surface area contributed by atoms with Crippen molar-refractivity contribution in [2.24, 2.45) is 10.1 Å². The van der Waals surface area contributed by atoms with Crippen molar-refractivity contribution >= 4 is 22.6 Å². The third kappa shape index (κ3) is 4.58. The number of benzene rings is 1. The highest BCUT2D eigenvalue weighted by Gasteiger charge is 2.16. The smallest absolute Gasteiger partial charge is 0.177 e. The van der Waals surface area contributed by atoms with Gasteiger partial charge in [0, 0.05) is 12.9 Å². The maximum atomic E-state index is 4.98. The van der Waals surface area contributed by atoms with Crippen LogP contribution < -0.4 is 5.43 Å². The summed E-state index contributed by atoms with van der Waals surface area (Å²) >= 11 is 1.68. The Bertz CT molecular complexity index is 529. The molecule has 1 aliphatic heterocycles. The molecule has 4 nitrogen and oxygen atoms in total. The molecule has 0 atom stereocenters. The van der Waals surface area contributed by atoms with Crippen molar-refractivity contribution in [3.05, 3.63) is 35.4 Å². The summed E-state index contributed by atoms with van der Waals surface area (Å²) in [5.41, 5.74) is 6.76. The average molecular weight is 305 g/mol. The predicted octanol–water partition coefficient (Wildman–Crippen LogP) is 3.03. The molecule has 5 heteroatoms. The van der Waals surface area contributed by atoms with Crippen molar-refractivity contribution < 1.29 is 4.74 Å². The molecular formula is C16H23N3OS. The van der Waals surface area contributed by atoms with E-state index < -0.39 is 0 Å². The summed E-state index contributed by atoms with van der Waals surface area (Å²) in [4.78, 5) is 4.38. The van der Waals surface area contributed by atoms with E-state index in [0.717, 1.165) is 16.6 Å². The van der Waals surface area contributed by atoms with Crippen molar-refractivity contribution in [1.29, 1.82) is 0 Å². The Morgan fingerprint density at radius 1 is 1.29 bits per heavy atom. The summed E-state index contributed by atoms with van der Waals surface area (Å²) in [6.07, 6.45) is 0. The molecule has 2 rings (SSSR count). The Balaban J connectivity index is 2.02. The van der Waals surface area contributed by atoms with E-state index in [4.69, 9.17) is 4.74 Å². The Kier molecular flexibility index (Phi) is 5.42. The normalized spacial score (nSPS) is 17.5. The standard InChI is InChI=1S/C16H23N3OS/c1-16(2,3)13-7-5-12(6-8-13)14-11-21-15(19-18-14)17-9-10-20-4/h5-8H,9-11H2,1-4H3,(H,17,19).